The normalized spacial score (nSPS) is 11.4. The van der Waals surface area contributed by atoms with E-state index in [0.29, 0.717) is 0 Å². The Labute approximate surface area is 130 Å². The van der Waals surface area contributed by atoms with Gasteiger partial charge in [-0.2, -0.15) is 0 Å². The topological polar surface area (TPSA) is 78.9 Å². The average molecular weight is 310 g/mol. The first kappa shape index (κ1) is 19.6. The molecule has 0 saturated carbocycles. The van der Waals surface area contributed by atoms with E-state index in [9.17, 15) is 14.4 Å². The van der Waals surface area contributed by atoms with Gasteiger partial charge in [-0.1, -0.05) is 30.9 Å². The molecule has 122 valence electrons. The molecule has 0 saturated heterocycles. The van der Waals surface area contributed by atoms with Crippen LogP contribution in [-0.2, 0) is 28.6 Å². The van der Waals surface area contributed by atoms with Crippen LogP contribution in [0.2, 0.25) is 0 Å². The smallest absolute Gasteiger partial charge is 0.330 e. The minimum atomic E-state index is -1.55. The first-order chi connectivity index (χ1) is 10.5. The summed E-state index contributed by atoms with van der Waals surface area (Å²) < 4.78 is 14.2. The lowest BCUT2D eigenvalue weighted by molar-refractivity contribution is -0.168. The maximum atomic E-state index is 12.1. The lowest BCUT2D eigenvalue weighted by Crippen LogP contribution is -2.40. The van der Waals surface area contributed by atoms with Crippen LogP contribution in [0.3, 0.4) is 0 Å². The van der Waals surface area contributed by atoms with Gasteiger partial charge in [0.1, 0.15) is 0 Å². The number of methoxy groups -OCH3 is 2. The summed E-state index contributed by atoms with van der Waals surface area (Å²) >= 11 is 0. The molecule has 0 aliphatic heterocycles. The molecule has 0 aromatic rings. The number of esters is 3. The van der Waals surface area contributed by atoms with Gasteiger partial charge in [0.15, 0.2) is 5.41 Å². The fourth-order valence-electron chi connectivity index (χ4n) is 1.80. The maximum Gasteiger partial charge on any atom is 0.330 e. The van der Waals surface area contributed by atoms with Crippen molar-refractivity contribution in [3.8, 4) is 0 Å². The van der Waals surface area contributed by atoms with Crippen LogP contribution < -0.4 is 0 Å². The highest BCUT2D eigenvalue weighted by atomic mass is 16.5. The Hall–Kier alpha value is -2.37. The van der Waals surface area contributed by atoms with Gasteiger partial charge in [-0.05, 0) is 19.8 Å². The summed E-state index contributed by atoms with van der Waals surface area (Å²) in [5, 5.41) is 0. The van der Waals surface area contributed by atoms with Gasteiger partial charge >= 0.3 is 17.9 Å². The van der Waals surface area contributed by atoms with Crippen LogP contribution in [-0.4, -0.2) is 38.7 Å². The zero-order valence-corrected chi connectivity index (χ0v) is 13.2. The standard InChI is InChI=1S/C16H22O6/c1-5-7-8-11-16(14(18)20-3,15(19)21-4)12-9-10-13(17)22-6-2/h5,7-10H,1,6,11-12H2,2-4H3/b8-7+,10-9+. The van der Waals surface area contributed by atoms with E-state index in [2.05, 4.69) is 6.58 Å². The summed E-state index contributed by atoms with van der Waals surface area (Å²) in [7, 11) is 2.37. The maximum absolute atomic E-state index is 12.1. The van der Waals surface area contributed by atoms with E-state index in [1.165, 1.54) is 32.4 Å². The van der Waals surface area contributed by atoms with Gasteiger partial charge in [-0.25, -0.2) is 4.79 Å². The molecule has 0 rings (SSSR count). The molecule has 0 N–H and O–H groups in total. The Bertz CT molecular complexity index is 445. The summed E-state index contributed by atoms with van der Waals surface area (Å²) in [6.45, 7) is 5.44. The lowest BCUT2D eigenvalue weighted by atomic mass is 9.80. The molecule has 0 heterocycles. The number of carbonyl (C=O) groups is 3. The van der Waals surface area contributed by atoms with E-state index in [4.69, 9.17) is 14.2 Å². The number of rotatable bonds is 9. The van der Waals surface area contributed by atoms with E-state index in [1.54, 1.807) is 19.1 Å². The van der Waals surface area contributed by atoms with Crippen molar-refractivity contribution in [3.05, 3.63) is 37.0 Å². The van der Waals surface area contributed by atoms with E-state index in [-0.39, 0.29) is 19.4 Å². The second-order valence-corrected chi connectivity index (χ2v) is 4.29. The van der Waals surface area contributed by atoms with Gasteiger partial charge in [0.05, 0.1) is 20.8 Å². The van der Waals surface area contributed by atoms with Crippen molar-refractivity contribution >= 4 is 17.9 Å². The molecule has 0 aromatic heterocycles. The molecule has 6 heteroatoms. The second kappa shape index (κ2) is 10.4. The Morgan fingerprint density at radius 1 is 1.05 bits per heavy atom. The fraction of sp³-hybridized carbons (Fsp3) is 0.438. The molecule has 6 nitrogen and oxygen atoms in total. The monoisotopic (exact) mass is 310 g/mol. The van der Waals surface area contributed by atoms with Gasteiger partial charge in [-0.15, -0.1) is 0 Å². The van der Waals surface area contributed by atoms with Gasteiger partial charge in [0.25, 0.3) is 0 Å². The molecule has 0 aliphatic carbocycles. The fourth-order valence-corrected chi connectivity index (χ4v) is 1.80. The molecule has 0 bridgehead atoms. The lowest BCUT2D eigenvalue weighted by Gasteiger charge is -2.25. The van der Waals surface area contributed by atoms with Crippen LogP contribution in [0.15, 0.2) is 37.0 Å². The Balaban J connectivity index is 5.38. The van der Waals surface area contributed by atoms with E-state index in [0.717, 1.165) is 0 Å². The highest BCUT2D eigenvalue weighted by molar-refractivity contribution is 6.00. The first-order valence-electron chi connectivity index (χ1n) is 6.76. The third-order valence-corrected chi connectivity index (χ3v) is 2.90. The highest BCUT2D eigenvalue weighted by Gasteiger charge is 2.46. The number of hydrogen-bond donors (Lipinski definition) is 0. The molecular weight excluding hydrogens is 288 g/mol. The molecule has 0 radical (unpaired) electrons. The quantitative estimate of drug-likeness (QED) is 0.213. The average Bonchev–Trinajstić information content (AvgIpc) is 2.52. The predicted molar refractivity (Wildman–Crippen MR) is 80.8 cm³/mol. The van der Waals surface area contributed by atoms with Crippen molar-refractivity contribution in [3.63, 3.8) is 0 Å². The van der Waals surface area contributed by atoms with Gasteiger partial charge in [-0.3, -0.25) is 9.59 Å². The van der Waals surface area contributed by atoms with Crippen molar-refractivity contribution in [2.75, 3.05) is 20.8 Å². The van der Waals surface area contributed by atoms with E-state index in [1.807, 2.05) is 0 Å². The zero-order chi connectivity index (χ0) is 17.0. The SMILES string of the molecule is C=C/C=C/CC(C/C=C/C(=O)OCC)(C(=O)OC)C(=O)OC. The third kappa shape index (κ3) is 5.55. The van der Waals surface area contributed by atoms with Crippen molar-refractivity contribution in [1.82, 2.24) is 0 Å². The van der Waals surface area contributed by atoms with Gasteiger partial charge in [0, 0.05) is 6.08 Å². The van der Waals surface area contributed by atoms with Crippen molar-refractivity contribution in [2.45, 2.75) is 19.8 Å². The Morgan fingerprint density at radius 3 is 2.05 bits per heavy atom. The highest BCUT2D eigenvalue weighted by Crippen LogP contribution is 2.31. The van der Waals surface area contributed by atoms with Crippen LogP contribution in [0.1, 0.15) is 19.8 Å². The minimum Gasteiger partial charge on any atom is -0.468 e. The zero-order valence-electron chi connectivity index (χ0n) is 13.2. The summed E-state index contributed by atoms with van der Waals surface area (Å²) in [5.41, 5.74) is -1.55. The van der Waals surface area contributed by atoms with Gasteiger partial charge in [0.2, 0.25) is 0 Å². The van der Waals surface area contributed by atoms with Crippen LogP contribution in [0.5, 0.6) is 0 Å². The van der Waals surface area contributed by atoms with E-state index < -0.39 is 23.3 Å². The summed E-state index contributed by atoms with van der Waals surface area (Å²) in [6, 6.07) is 0. The Kier molecular flexibility index (Phi) is 9.25. The molecule has 0 spiro atoms. The molecule has 0 aliphatic rings. The number of ether oxygens (including phenoxy) is 3. The van der Waals surface area contributed by atoms with E-state index >= 15 is 0 Å². The molecule has 22 heavy (non-hydrogen) atoms. The van der Waals surface area contributed by atoms with Crippen LogP contribution in [0.25, 0.3) is 0 Å². The molecule has 0 aromatic carbocycles. The van der Waals surface area contributed by atoms with Crippen LogP contribution in [0, 0.1) is 5.41 Å². The summed E-state index contributed by atoms with van der Waals surface area (Å²) in [4.78, 5) is 35.5. The molecule has 0 unspecified atom stereocenters. The molecule has 0 amide bonds. The Morgan fingerprint density at radius 2 is 1.59 bits per heavy atom. The van der Waals surface area contributed by atoms with Crippen LogP contribution in [0.4, 0.5) is 0 Å². The molecule has 0 fully saturated rings. The predicted octanol–water partition coefficient (Wildman–Crippen LogP) is 1.96. The third-order valence-electron chi connectivity index (χ3n) is 2.90. The van der Waals surface area contributed by atoms with Crippen molar-refractivity contribution < 1.29 is 28.6 Å². The number of allylic oxidation sites excluding steroid dienone is 4. The van der Waals surface area contributed by atoms with Crippen LogP contribution >= 0.6 is 0 Å². The first-order valence-corrected chi connectivity index (χ1v) is 6.76. The molecule has 0 atom stereocenters. The summed E-state index contributed by atoms with van der Waals surface area (Å²) in [5.74, 6) is -2.02. The largest absolute Gasteiger partial charge is 0.468 e. The van der Waals surface area contributed by atoms with Gasteiger partial charge < -0.3 is 14.2 Å². The second-order valence-electron chi connectivity index (χ2n) is 4.29. The minimum absolute atomic E-state index is 0.0490. The van der Waals surface area contributed by atoms with Crippen molar-refractivity contribution in [2.24, 2.45) is 5.41 Å². The molecular formula is C16H22O6. The number of carbonyl (C=O) groups excluding carboxylic acids is 3. The van der Waals surface area contributed by atoms with Crippen molar-refractivity contribution in [1.29, 1.82) is 0 Å². The number of hydrogen-bond acceptors (Lipinski definition) is 6. The summed E-state index contributed by atoms with van der Waals surface area (Å²) in [6.07, 6.45) is 7.32.